The van der Waals surface area contributed by atoms with E-state index in [4.69, 9.17) is 37.7 Å². The number of hydrogen-bond acceptors (Lipinski definition) is 5. The molecule has 0 radical (unpaired) electrons. The van der Waals surface area contributed by atoms with Gasteiger partial charge in [0.1, 0.15) is 5.75 Å². The molecule has 0 bridgehead atoms. The average molecular weight is 465 g/mol. The Bertz CT molecular complexity index is 979. The van der Waals surface area contributed by atoms with Gasteiger partial charge >= 0.3 is 0 Å². The SMILES string of the molecule is CCCN(c1nc(-c2cc(Cl)c(OC)cc2Cl)c(C)s1)C(COC)c1ccccc1. The number of methoxy groups -OCH3 is 2. The number of rotatable bonds is 9. The van der Waals surface area contributed by atoms with E-state index in [1.165, 1.54) is 5.56 Å². The number of aromatic nitrogens is 1. The van der Waals surface area contributed by atoms with E-state index in [9.17, 15) is 0 Å². The molecule has 1 unspecified atom stereocenters. The van der Waals surface area contributed by atoms with Crippen LogP contribution in [-0.2, 0) is 4.74 Å². The third-order valence-corrected chi connectivity index (χ3v) is 6.49. The van der Waals surface area contributed by atoms with Crippen LogP contribution in [0.5, 0.6) is 5.75 Å². The molecule has 160 valence electrons. The fourth-order valence-corrected chi connectivity index (χ4v) is 4.93. The van der Waals surface area contributed by atoms with Crippen LogP contribution < -0.4 is 9.64 Å². The van der Waals surface area contributed by atoms with Crippen molar-refractivity contribution >= 4 is 39.7 Å². The van der Waals surface area contributed by atoms with Crippen LogP contribution in [0.15, 0.2) is 42.5 Å². The summed E-state index contributed by atoms with van der Waals surface area (Å²) in [6.07, 6.45) is 0.996. The van der Waals surface area contributed by atoms with Crippen LogP contribution in [0.4, 0.5) is 5.13 Å². The van der Waals surface area contributed by atoms with Gasteiger partial charge in [-0.25, -0.2) is 4.98 Å². The molecule has 1 aromatic heterocycles. The summed E-state index contributed by atoms with van der Waals surface area (Å²) in [5, 5.41) is 2.02. The van der Waals surface area contributed by atoms with Crippen molar-refractivity contribution in [2.24, 2.45) is 0 Å². The minimum Gasteiger partial charge on any atom is -0.495 e. The Labute approximate surface area is 192 Å². The molecule has 0 fully saturated rings. The molecule has 0 N–H and O–H groups in total. The van der Waals surface area contributed by atoms with Crippen LogP contribution >= 0.6 is 34.5 Å². The second kappa shape index (κ2) is 10.5. The van der Waals surface area contributed by atoms with Crippen molar-refractivity contribution in [3.8, 4) is 17.0 Å². The molecular formula is C23H26Cl2N2O2S. The lowest BCUT2D eigenvalue weighted by molar-refractivity contribution is 0.177. The van der Waals surface area contributed by atoms with Crippen molar-refractivity contribution in [1.29, 1.82) is 0 Å². The number of benzene rings is 2. The number of hydrogen-bond donors (Lipinski definition) is 0. The summed E-state index contributed by atoms with van der Waals surface area (Å²) in [6, 6.07) is 14.0. The molecule has 4 nitrogen and oxygen atoms in total. The first-order valence-corrected chi connectivity index (χ1v) is 11.4. The predicted octanol–water partition coefficient (Wildman–Crippen LogP) is 7.04. The molecule has 0 aliphatic rings. The summed E-state index contributed by atoms with van der Waals surface area (Å²) in [6.45, 7) is 5.67. The molecule has 0 saturated heterocycles. The van der Waals surface area contributed by atoms with Gasteiger partial charge in [0.15, 0.2) is 5.13 Å². The summed E-state index contributed by atoms with van der Waals surface area (Å²) in [7, 11) is 3.31. The number of halogens is 2. The highest BCUT2D eigenvalue weighted by Crippen LogP contribution is 2.41. The van der Waals surface area contributed by atoms with E-state index in [1.807, 2.05) is 12.1 Å². The first kappa shape index (κ1) is 22.9. The van der Waals surface area contributed by atoms with E-state index < -0.39 is 0 Å². The Balaban J connectivity index is 2.04. The Kier molecular flexibility index (Phi) is 8.00. The van der Waals surface area contributed by atoms with Crippen LogP contribution in [0.2, 0.25) is 10.0 Å². The van der Waals surface area contributed by atoms with Crippen molar-refractivity contribution in [2.45, 2.75) is 26.3 Å². The van der Waals surface area contributed by atoms with Gasteiger partial charge in [-0.15, -0.1) is 11.3 Å². The third kappa shape index (κ3) is 4.92. The smallest absolute Gasteiger partial charge is 0.186 e. The molecule has 0 spiro atoms. The summed E-state index contributed by atoms with van der Waals surface area (Å²) < 4.78 is 10.8. The minimum atomic E-state index is 0.0736. The van der Waals surface area contributed by atoms with E-state index in [-0.39, 0.29) is 6.04 Å². The Morgan fingerprint density at radius 3 is 2.47 bits per heavy atom. The molecule has 0 amide bonds. The van der Waals surface area contributed by atoms with E-state index in [0.29, 0.717) is 22.4 Å². The molecule has 1 heterocycles. The van der Waals surface area contributed by atoms with Crippen molar-refractivity contribution in [2.75, 3.05) is 32.3 Å². The minimum absolute atomic E-state index is 0.0736. The second-order valence-electron chi connectivity index (χ2n) is 6.94. The van der Waals surface area contributed by atoms with E-state index in [0.717, 1.165) is 34.2 Å². The monoisotopic (exact) mass is 464 g/mol. The van der Waals surface area contributed by atoms with Gasteiger partial charge in [-0.1, -0.05) is 60.5 Å². The molecule has 0 saturated carbocycles. The Morgan fingerprint density at radius 1 is 1.10 bits per heavy atom. The Hall–Kier alpha value is -1.79. The summed E-state index contributed by atoms with van der Waals surface area (Å²) in [4.78, 5) is 8.39. The first-order valence-electron chi connectivity index (χ1n) is 9.81. The summed E-state index contributed by atoms with van der Waals surface area (Å²) in [5.41, 5.74) is 2.85. The fourth-order valence-electron chi connectivity index (χ4n) is 3.45. The van der Waals surface area contributed by atoms with Gasteiger partial charge in [0.05, 0.1) is 35.5 Å². The quantitative estimate of drug-likeness (QED) is 0.340. The number of aryl methyl sites for hydroxylation is 1. The van der Waals surface area contributed by atoms with Gasteiger partial charge in [0.25, 0.3) is 0 Å². The Morgan fingerprint density at radius 2 is 1.83 bits per heavy atom. The summed E-state index contributed by atoms with van der Waals surface area (Å²) in [5.74, 6) is 0.551. The van der Waals surface area contributed by atoms with Crippen LogP contribution in [0, 0.1) is 6.92 Å². The van der Waals surface area contributed by atoms with E-state index in [1.54, 1.807) is 31.6 Å². The molecule has 1 atom stereocenters. The van der Waals surface area contributed by atoms with Gasteiger partial charge in [-0.3, -0.25) is 0 Å². The lowest BCUT2D eigenvalue weighted by Crippen LogP contribution is -2.32. The molecule has 0 aliphatic carbocycles. The molecule has 2 aromatic carbocycles. The lowest BCUT2D eigenvalue weighted by atomic mass is 10.1. The fraction of sp³-hybridized carbons (Fsp3) is 0.348. The van der Waals surface area contributed by atoms with E-state index >= 15 is 0 Å². The van der Waals surface area contributed by atoms with E-state index in [2.05, 4.69) is 43.0 Å². The molecular weight excluding hydrogens is 439 g/mol. The molecule has 3 rings (SSSR count). The lowest BCUT2D eigenvalue weighted by Gasteiger charge is -2.31. The van der Waals surface area contributed by atoms with Crippen molar-refractivity contribution in [1.82, 2.24) is 4.98 Å². The largest absolute Gasteiger partial charge is 0.495 e. The van der Waals surface area contributed by atoms with Crippen molar-refractivity contribution in [3.63, 3.8) is 0 Å². The number of anilines is 1. The highest BCUT2D eigenvalue weighted by molar-refractivity contribution is 7.16. The number of ether oxygens (including phenoxy) is 2. The number of thiazole rings is 1. The van der Waals surface area contributed by atoms with Crippen molar-refractivity contribution in [3.05, 3.63) is 63.0 Å². The maximum atomic E-state index is 6.54. The second-order valence-corrected chi connectivity index (χ2v) is 8.94. The van der Waals surface area contributed by atoms with Crippen LogP contribution in [0.3, 0.4) is 0 Å². The van der Waals surface area contributed by atoms with Gasteiger partial charge in [-0.2, -0.15) is 0 Å². The zero-order valence-corrected chi connectivity index (χ0v) is 19.9. The standard InChI is InChI=1S/C23H26Cl2N2O2S/c1-5-11-27(20(14-28-3)16-9-7-6-8-10-16)23-26-22(15(2)30-23)17-12-19(25)21(29-4)13-18(17)24/h6-10,12-13,20H,5,11,14H2,1-4H3. The van der Waals surface area contributed by atoms with Crippen LogP contribution in [0.25, 0.3) is 11.3 Å². The zero-order chi connectivity index (χ0) is 21.7. The van der Waals surface area contributed by atoms with Crippen molar-refractivity contribution < 1.29 is 9.47 Å². The van der Waals surface area contributed by atoms with Crippen LogP contribution in [0.1, 0.15) is 29.8 Å². The molecule has 30 heavy (non-hydrogen) atoms. The van der Waals surface area contributed by atoms with Gasteiger partial charge in [0.2, 0.25) is 0 Å². The molecule has 7 heteroatoms. The predicted molar refractivity (Wildman–Crippen MR) is 128 cm³/mol. The van der Waals surface area contributed by atoms with Gasteiger partial charge < -0.3 is 14.4 Å². The first-order chi connectivity index (χ1) is 14.5. The maximum absolute atomic E-state index is 6.54. The highest BCUT2D eigenvalue weighted by Gasteiger charge is 2.25. The summed E-state index contributed by atoms with van der Waals surface area (Å²) >= 11 is 14.6. The van der Waals surface area contributed by atoms with Gasteiger partial charge in [0, 0.05) is 30.2 Å². The van der Waals surface area contributed by atoms with Crippen LogP contribution in [-0.4, -0.2) is 32.4 Å². The highest BCUT2D eigenvalue weighted by atomic mass is 35.5. The van der Waals surface area contributed by atoms with Gasteiger partial charge in [-0.05, 0) is 25.0 Å². The maximum Gasteiger partial charge on any atom is 0.186 e. The molecule has 0 aliphatic heterocycles. The third-order valence-electron chi connectivity index (χ3n) is 4.88. The topological polar surface area (TPSA) is 34.6 Å². The average Bonchev–Trinajstić information content (AvgIpc) is 3.13. The molecule has 3 aromatic rings. The number of nitrogens with zero attached hydrogens (tertiary/aromatic N) is 2. The normalized spacial score (nSPS) is 12.1. The zero-order valence-electron chi connectivity index (χ0n) is 17.6.